The topological polar surface area (TPSA) is 137 Å². The third kappa shape index (κ3) is 5.91. The van der Waals surface area contributed by atoms with Crippen molar-refractivity contribution in [2.24, 2.45) is 0 Å². The highest BCUT2D eigenvalue weighted by molar-refractivity contribution is 7.92. The van der Waals surface area contributed by atoms with E-state index in [-0.39, 0.29) is 40.1 Å². The molecule has 0 aliphatic carbocycles. The molecule has 0 saturated carbocycles. The molecule has 2 aromatic heterocycles. The molecule has 4 aromatic carbocycles. The second-order valence-electron chi connectivity index (χ2n) is 11.1. The highest BCUT2D eigenvalue weighted by Gasteiger charge is 2.26. The maximum absolute atomic E-state index is 14.0. The number of carbonyl (C=O) groups is 1. The number of sulfonamides is 1. The molecule has 11 nitrogen and oxygen atoms in total. The molecule has 1 N–H and O–H groups in total. The van der Waals surface area contributed by atoms with Crippen LogP contribution in [0.5, 0.6) is 0 Å². The summed E-state index contributed by atoms with van der Waals surface area (Å²) in [6.45, 7) is 0.0462. The molecule has 246 valence electrons. The molecule has 1 atom stereocenters. The Labute approximate surface area is 273 Å². The molecule has 6 aromatic rings. The number of furan rings is 1. The van der Waals surface area contributed by atoms with Crippen molar-refractivity contribution < 1.29 is 31.1 Å². The second-order valence-corrected chi connectivity index (χ2v) is 13.1. The summed E-state index contributed by atoms with van der Waals surface area (Å²) in [5.41, 5.74) is 2.14. The number of rotatable bonds is 9. The number of nitrogens with zero attached hydrogens (tertiary/aromatic N) is 4. The number of fused-ring (bicyclic) bond motifs is 2. The molecule has 0 aliphatic heterocycles. The highest BCUT2D eigenvalue weighted by Crippen LogP contribution is 2.41. The number of hydrogen-bond acceptors (Lipinski definition) is 8. The van der Waals surface area contributed by atoms with Gasteiger partial charge in [-0.3, -0.25) is 13.9 Å². The molecular weight excluding hydrogens is 644 g/mol. The van der Waals surface area contributed by atoms with Crippen LogP contribution >= 0.6 is 0 Å². The summed E-state index contributed by atoms with van der Waals surface area (Å²) >= 11 is 0. The lowest BCUT2D eigenvalue weighted by atomic mass is 9.97. The number of amides is 1. The average molecular weight is 674 g/mol. The lowest BCUT2D eigenvalue weighted by Gasteiger charge is -2.21. The molecule has 0 bridgehead atoms. The Morgan fingerprint density at radius 3 is 2.25 bits per heavy atom. The van der Waals surface area contributed by atoms with Gasteiger partial charge in [-0.25, -0.2) is 21.9 Å². The SMILES string of the molecule is CNC(=O)c1c(-c2ccc(F)cc2)oc2cc(N(C)S(C)(=O)=O)c(-c3ccc4nnn([C@@H](COC)c5ccc(F)cc5)c(=O)c4c3)cc12. The second kappa shape index (κ2) is 12.6. The van der Waals surface area contributed by atoms with Gasteiger partial charge in [-0.05, 0) is 65.7 Å². The summed E-state index contributed by atoms with van der Waals surface area (Å²) < 4.78 is 66.8. The summed E-state index contributed by atoms with van der Waals surface area (Å²) in [6.07, 6.45) is 1.04. The van der Waals surface area contributed by atoms with Crippen LogP contribution in [-0.4, -0.2) is 63.4 Å². The van der Waals surface area contributed by atoms with E-state index in [2.05, 4.69) is 15.6 Å². The predicted octanol–water partition coefficient (Wildman–Crippen LogP) is 5.14. The van der Waals surface area contributed by atoms with Crippen LogP contribution in [-0.2, 0) is 14.8 Å². The Morgan fingerprint density at radius 1 is 0.979 bits per heavy atom. The number of halogens is 2. The van der Waals surface area contributed by atoms with Crippen LogP contribution in [0.3, 0.4) is 0 Å². The zero-order valence-electron chi connectivity index (χ0n) is 26.2. The van der Waals surface area contributed by atoms with Gasteiger partial charge in [-0.2, -0.15) is 0 Å². The number of anilines is 1. The Kier molecular flexibility index (Phi) is 8.54. The quantitative estimate of drug-likeness (QED) is 0.223. The maximum atomic E-state index is 14.0. The fraction of sp³-hybridized carbons (Fsp3) is 0.176. The summed E-state index contributed by atoms with van der Waals surface area (Å²) in [7, 11) is 0.499. The largest absolute Gasteiger partial charge is 0.455 e. The zero-order chi connectivity index (χ0) is 34.3. The lowest BCUT2D eigenvalue weighted by molar-refractivity contribution is 0.0964. The number of ether oxygens (including phenoxy) is 1. The third-order valence-electron chi connectivity index (χ3n) is 8.07. The van der Waals surface area contributed by atoms with E-state index in [0.717, 1.165) is 15.2 Å². The number of benzene rings is 4. The van der Waals surface area contributed by atoms with Crippen LogP contribution < -0.4 is 15.2 Å². The molecule has 14 heteroatoms. The van der Waals surface area contributed by atoms with E-state index in [4.69, 9.17) is 9.15 Å². The van der Waals surface area contributed by atoms with Gasteiger partial charge < -0.3 is 14.5 Å². The van der Waals surface area contributed by atoms with Gasteiger partial charge in [0.1, 0.15) is 34.5 Å². The van der Waals surface area contributed by atoms with Gasteiger partial charge in [0, 0.05) is 43.8 Å². The lowest BCUT2D eigenvalue weighted by Crippen LogP contribution is -2.31. The van der Waals surface area contributed by atoms with Gasteiger partial charge in [-0.1, -0.05) is 23.4 Å². The molecule has 0 unspecified atom stereocenters. The van der Waals surface area contributed by atoms with Gasteiger partial charge in [0.15, 0.2) is 0 Å². The van der Waals surface area contributed by atoms with E-state index < -0.39 is 39.2 Å². The van der Waals surface area contributed by atoms with Crippen molar-refractivity contribution in [2.45, 2.75) is 6.04 Å². The van der Waals surface area contributed by atoms with Gasteiger partial charge in [0.25, 0.3) is 11.5 Å². The minimum Gasteiger partial charge on any atom is -0.455 e. The first kappa shape index (κ1) is 32.5. The van der Waals surface area contributed by atoms with E-state index in [1.165, 1.54) is 75.8 Å². The fourth-order valence-electron chi connectivity index (χ4n) is 5.53. The van der Waals surface area contributed by atoms with E-state index >= 15 is 0 Å². The van der Waals surface area contributed by atoms with Crippen molar-refractivity contribution in [2.75, 3.05) is 38.4 Å². The normalized spacial score (nSPS) is 12.4. The molecular formula is C34H29F2N5O6S. The number of methoxy groups -OCH3 is 1. The van der Waals surface area contributed by atoms with E-state index in [9.17, 15) is 26.8 Å². The van der Waals surface area contributed by atoms with Crippen molar-refractivity contribution in [3.63, 3.8) is 0 Å². The van der Waals surface area contributed by atoms with Crippen molar-refractivity contribution in [1.82, 2.24) is 20.3 Å². The predicted molar refractivity (Wildman–Crippen MR) is 177 cm³/mol. The van der Waals surface area contributed by atoms with Crippen molar-refractivity contribution in [3.05, 3.63) is 112 Å². The Bertz CT molecular complexity index is 2360. The van der Waals surface area contributed by atoms with Crippen molar-refractivity contribution in [1.29, 1.82) is 0 Å². The number of carbonyl (C=O) groups excluding carboxylic acids is 1. The molecule has 0 aliphatic rings. The first-order valence-corrected chi connectivity index (χ1v) is 16.4. The van der Waals surface area contributed by atoms with Gasteiger partial charge in [0.05, 0.1) is 29.5 Å². The third-order valence-corrected chi connectivity index (χ3v) is 9.26. The summed E-state index contributed by atoms with van der Waals surface area (Å²) in [5.74, 6) is -1.23. The molecule has 0 spiro atoms. The Morgan fingerprint density at radius 2 is 1.62 bits per heavy atom. The minimum absolute atomic E-state index is 0.0462. The van der Waals surface area contributed by atoms with Crippen LogP contribution in [0.4, 0.5) is 14.5 Å². The van der Waals surface area contributed by atoms with E-state index in [0.29, 0.717) is 27.6 Å². The van der Waals surface area contributed by atoms with Gasteiger partial charge >= 0.3 is 0 Å². The maximum Gasteiger partial charge on any atom is 0.278 e. The fourth-order valence-corrected chi connectivity index (χ4v) is 6.04. The van der Waals surface area contributed by atoms with Crippen LogP contribution in [0.2, 0.25) is 0 Å². The molecule has 1 amide bonds. The first-order valence-electron chi connectivity index (χ1n) is 14.6. The summed E-state index contributed by atoms with van der Waals surface area (Å²) in [6, 6.07) is 18.2. The number of aromatic nitrogens is 3. The number of hydrogen-bond donors (Lipinski definition) is 1. The van der Waals surface area contributed by atoms with E-state index in [1.807, 2.05) is 0 Å². The summed E-state index contributed by atoms with van der Waals surface area (Å²) in [5, 5.41) is 11.5. The van der Waals surface area contributed by atoms with Crippen molar-refractivity contribution in [3.8, 4) is 22.5 Å². The zero-order valence-corrected chi connectivity index (χ0v) is 27.0. The molecule has 2 heterocycles. The first-order chi connectivity index (χ1) is 22.9. The Balaban J connectivity index is 1.60. The van der Waals surface area contributed by atoms with Crippen LogP contribution in [0, 0.1) is 11.6 Å². The smallest absolute Gasteiger partial charge is 0.278 e. The molecule has 6 rings (SSSR count). The van der Waals surface area contributed by atoms with E-state index in [1.54, 1.807) is 24.3 Å². The van der Waals surface area contributed by atoms with Gasteiger partial charge in [0.2, 0.25) is 10.0 Å². The van der Waals surface area contributed by atoms with Gasteiger partial charge in [-0.15, -0.1) is 5.10 Å². The monoisotopic (exact) mass is 673 g/mol. The molecule has 0 fully saturated rings. The number of nitrogens with one attached hydrogen (secondary N) is 1. The molecule has 0 radical (unpaired) electrons. The molecule has 0 saturated heterocycles. The summed E-state index contributed by atoms with van der Waals surface area (Å²) in [4.78, 5) is 27.2. The minimum atomic E-state index is -3.80. The van der Waals surface area contributed by atoms with Crippen LogP contribution in [0.25, 0.3) is 44.3 Å². The Hall–Kier alpha value is -5.47. The standard InChI is InChI=1S/C34H29F2N5O6S/c1-37-33(42)31-26-16-24(28(40(2)48(4,44)45)17-30(26)47-32(31)20-7-12-23(36)13-8-20)21-9-14-27-25(15-21)34(43)41(39-38-27)29(18-46-3)19-5-10-22(35)11-6-19/h5-17,29H,18H2,1-4H3,(H,37,42)/t29-/m0/s1. The average Bonchev–Trinajstić information content (AvgIpc) is 3.45. The highest BCUT2D eigenvalue weighted by atomic mass is 32.2. The van der Waals surface area contributed by atoms with Crippen LogP contribution in [0.1, 0.15) is 22.0 Å². The van der Waals surface area contributed by atoms with Crippen LogP contribution in [0.15, 0.2) is 88.1 Å². The van der Waals surface area contributed by atoms with Crippen molar-refractivity contribution >= 4 is 43.5 Å². The molecule has 48 heavy (non-hydrogen) atoms.